The molecule has 0 saturated heterocycles. The summed E-state index contributed by atoms with van der Waals surface area (Å²) in [5, 5.41) is 8.88. The lowest BCUT2D eigenvalue weighted by Crippen LogP contribution is -2.23. The van der Waals surface area contributed by atoms with E-state index in [2.05, 4.69) is 32.0 Å². The number of hydrogen-bond acceptors (Lipinski definition) is 1. The topological polar surface area (TPSA) is 23.8 Å². The van der Waals surface area contributed by atoms with Gasteiger partial charge in [-0.25, -0.2) is 0 Å². The van der Waals surface area contributed by atoms with Gasteiger partial charge in [0.05, 0.1) is 6.07 Å². The van der Waals surface area contributed by atoms with Gasteiger partial charge in [0.25, 0.3) is 0 Å². The molecule has 1 aromatic rings. The van der Waals surface area contributed by atoms with Gasteiger partial charge in [-0.15, -0.1) is 0 Å². The van der Waals surface area contributed by atoms with Crippen molar-refractivity contribution >= 4 is 0 Å². The van der Waals surface area contributed by atoms with Gasteiger partial charge < -0.3 is 0 Å². The quantitative estimate of drug-likeness (QED) is 0.705. The Balaban J connectivity index is 3.05. The largest absolute Gasteiger partial charge is 0.198 e. The molecule has 0 aliphatic rings. The van der Waals surface area contributed by atoms with Crippen molar-refractivity contribution in [3.63, 3.8) is 0 Å². The van der Waals surface area contributed by atoms with Crippen molar-refractivity contribution < 1.29 is 0 Å². The molecule has 0 radical (unpaired) electrons. The van der Waals surface area contributed by atoms with Gasteiger partial charge in [-0.1, -0.05) is 44.2 Å². The summed E-state index contributed by atoms with van der Waals surface area (Å²) in [4.78, 5) is 0. The molecular formula is C13H17N. The molecule has 0 fully saturated rings. The van der Waals surface area contributed by atoms with Crippen molar-refractivity contribution in [1.29, 1.82) is 5.26 Å². The Kier molecular flexibility index (Phi) is 3.71. The Labute approximate surface area is 86.4 Å². The van der Waals surface area contributed by atoms with Gasteiger partial charge in [-0.05, 0) is 18.4 Å². The zero-order valence-electron chi connectivity index (χ0n) is 8.96. The zero-order chi connectivity index (χ0) is 10.4. The molecule has 1 heteroatoms. The molecular weight excluding hydrogens is 170 g/mol. The second-order valence-electron chi connectivity index (χ2n) is 3.69. The summed E-state index contributed by atoms with van der Waals surface area (Å²) in [6.07, 6.45) is 2.67. The van der Waals surface area contributed by atoms with Gasteiger partial charge >= 0.3 is 0 Å². The maximum atomic E-state index is 8.88. The number of nitriles is 1. The van der Waals surface area contributed by atoms with Crippen molar-refractivity contribution in [3.8, 4) is 6.07 Å². The summed E-state index contributed by atoms with van der Waals surface area (Å²) in [6, 6.07) is 12.7. The molecule has 1 nitrogen and oxygen atoms in total. The Bertz CT molecular complexity index is 304. The molecule has 0 aromatic heterocycles. The normalized spacial score (nSPS) is 10.9. The summed E-state index contributed by atoms with van der Waals surface area (Å²) in [7, 11) is 0. The second kappa shape index (κ2) is 4.81. The molecule has 0 unspecified atom stereocenters. The minimum Gasteiger partial charge on any atom is -0.198 e. The molecule has 0 saturated carbocycles. The first kappa shape index (κ1) is 10.8. The molecule has 0 aliphatic carbocycles. The van der Waals surface area contributed by atoms with E-state index in [9.17, 15) is 0 Å². The van der Waals surface area contributed by atoms with Crippen LogP contribution >= 0.6 is 0 Å². The molecule has 0 N–H and O–H groups in total. The van der Waals surface area contributed by atoms with E-state index in [1.165, 1.54) is 5.56 Å². The van der Waals surface area contributed by atoms with Crippen LogP contribution in [0.2, 0.25) is 0 Å². The van der Waals surface area contributed by atoms with Crippen LogP contribution in [0.4, 0.5) is 0 Å². The van der Waals surface area contributed by atoms with Crippen LogP contribution in [-0.2, 0) is 5.41 Å². The first-order chi connectivity index (χ1) is 6.79. The van der Waals surface area contributed by atoms with Crippen LogP contribution in [0.25, 0.3) is 0 Å². The van der Waals surface area contributed by atoms with Crippen molar-refractivity contribution in [2.75, 3.05) is 0 Å². The van der Waals surface area contributed by atoms with E-state index < -0.39 is 0 Å². The van der Waals surface area contributed by atoms with Gasteiger partial charge in [0.2, 0.25) is 0 Å². The lowest BCUT2D eigenvalue weighted by atomic mass is 9.74. The van der Waals surface area contributed by atoms with Crippen LogP contribution in [0.5, 0.6) is 0 Å². The number of benzene rings is 1. The number of rotatable bonds is 4. The summed E-state index contributed by atoms with van der Waals surface area (Å²) in [5.74, 6) is 0. The fourth-order valence-corrected chi connectivity index (χ4v) is 1.95. The van der Waals surface area contributed by atoms with Crippen LogP contribution in [0, 0.1) is 11.3 Å². The smallest absolute Gasteiger partial charge is 0.0631 e. The van der Waals surface area contributed by atoms with E-state index in [0.29, 0.717) is 6.42 Å². The molecule has 0 atom stereocenters. The molecule has 1 rings (SSSR count). The first-order valence-electron chi connectivity index (χ1n) is 5.21. The molecule has 1 aromatic carbocycles. The van der Waals surface area contributed by atoms with E-state index >= 15 is 0 Å². The van der Waals surface area contributed by atoms with Crippen molar-refractivity contribution in [3.05, 3.63) is 35.9 Å². The molecule has 0 spiro atoms. The molecule has 14 heavy (non-hydrogen) atoms. The molecule has 74 valence electrons. The van der Waals surface area contributed by atoms with Crippen LogP contribution in [0.1, 0.15) is 38.7 Å². The predicted molar refractivity (Wildman–Crippen MR) is 58.9 cm³/mol. The third-order valence-electron chi connectivity index (χ3n) is 3.16. The van der Waals surface area contributed by atoms with Crippen LogP contribution in [0.3, 0.4) is 0 Å². The summed E-state index contributed by atoms with van der Waals surface area (Å²) >= 11 is 0. The Morgan fingerprint density at radius 1 is 1.14 bits per heavy atom. The third-order valence-corrected chi connectivity index (χ3v) is 3.16. The summed E-state index contributed by atoms with van der Waals surface area (Å²) < 4.78 is 0. The van der Waals surface area contributed by atoms with Crippen LogP contribution in [-0.4, -0.2) is 0 Å². The van der Waals surface area contributed by atoms with Gasteiger partial charge in [0.15, 0.2) is 0 Å². The minimum absolute atomic E-state index is 0.0655. The zero-order valence-corrected chi connectivity index (χ0v) is 8.96. The first-order valence-corrected chi connectivity index (χ1v) is 5.21. The lowest BCUT2D eigenvalue weighted by molar-refractivity contribution is 0.404. The highest BCUT2D eigenvalue weighted by molar-refractivity contribution is 5.26. The SMILES string of the molecule is CCC(CC)(CC#N)c1ccccc1. The maximum absolute atomic E-state index is 8.88. The van der Waals surface area contributed by atoms with E-state index in [1.807, 2.05) is 18.2 Å². The Morgan fingerprint density at radius 3 is 2.14 bits per heavy atom. The van der Waals surface area contributed by atoms with Gasteiger partial charge in [-0.3, -0.25) is 0 Å². The molecule has 0 bridgehead atoms. The van der Waals surface area contributed by atoms with Crippen molar-refractivity contribution in [2.45, 2.75) is 38.5 Å². The highest BCUT2D eigenvalue weighted by Crippen LogP contribution is 2.34. The molecule has 0 heterocycles. The highest BCUT2D eigenvalue weighted by Gasteiger charge is 2.27. The van der Waals surface area contributed by atoms with Crippen LogP contribution in [0.15, 0.2) is 30.3 Å². The predicted octanol–water partition coefficient (Wildman–Crippen LogP) is 3.66. The number of hydrogen-bond donors (Lipinski definition) is 0. The average molecular weight is 187 g/mol. The van der Waals surface area contributed by atoms with Gasteiger partial charge in [0.1, 0.15) is 0 Å². The van der Waals surface area contributed by atoms with Gasteiger partial charge in [-0.2, -0.15) is 5.26 Å². The van der Waals surface area contributed by atoms with Crippen LogP contribution < -0.4 is 0 Å². The van der Waals surface area contributed by atoms with E-state index in [-0.39, 0.29) is 5.41 Å². The summed E-state index contributed by atoms with van der Waals surface area (Å²) in [5.41, 5.74) is 1.36. The van der Waals surface area contributed by atoms with Gasteiger partial charge in [0, 0.05) is 11.8 Å². The monoisotopic (exact) mass is 187 g/mol. The van der Waals surface area contributed by atoms with E-state index in [4.69, 9.17) is 5.26 Å². The fourth-order valence-electron chi connectivity index (χ4n) is 1.95. The van der Waals surface area contributed by atoms with Crippen molar-refractivity contribution in [2.24, 2.45) is 0 Å². The number of nitrogens with zero attached hydrogens (tertiary/aromatic N) is 1. The van der Waals surface area contributed by atoms with E-state index in [1.54, 1.807) is 0 Å². The summed E-state index contributed by atoms with van der Waals surface area (Å²) in [6.45, 7) is 4.32. The molecule has 0 amide bonds. The standard InChI is InChI=1S/C13H17N/c1-3-13(4-2,10-11-14)12-8-6-5-7-9-12/h5-9H,3-4,10H2,1-2H3. The minimum atomic E-state index is 0.0655. The average Bonchev–Trinajstić information content (AvgIpc) is 2.27. The maximum Gasteiger partial charge on any atom is 0.0631 e. The molecule has 0 aliphatic heterocycles. The third kappa shape index (κ3) is 1.96. The fraction of sp³-hybridized carbons (Fsp3) is 0.462. The highest BCUT2D eigenvalue weighted by atomic mass is 14.3. The Morgan fingerprint density at radius 2 is 1.71 bits per heavy atom. The second-order valence-corrected chi connectivity index (χ2v) is 3.69. The van der Waals surface area contributed by atoms with Crippen molar-refractivity contribution in [1.82, 2.24) is 0 Å². The Hall–Kier alpha value is -1.29. The van der Waals surface area contributed by atoms with E-state index in [0.717, 1.165) is 12.8 Å². The lowest BCUT2D eigenvalue weighted by Gasteiger charge is -2.29.